The fourth-order valence-electron chi connectivity index (χ4n) is 3.19. The minimum atomic E-state index is -0.157. The zero-order valence-corrected chi connectivity index (χ0v) is 14.8. The lowest BCUT2D eigenvalue weighted by molar-refractivity contribution is -0.117. The number of hydrogen-bond acceptors (Lipinski definition) is 2. The SMILES string of the molecule is CC(C)Cc1cccc(NC(=O)c2cccc(N3CCCC3=O)c2)c1. The maximum absolute atomic E-state index is 12.6. The predicted molar refractivity (Wildman–Crippen MR) is 101 cm³/mol. The van der Waals surface area contributed by atoms with Gasteiger partial charge in [-0.2, -0.15) is 0 Å². The minimum Gasteiger partial charge on any atom is -0.322 e. The average molecular weight is 336 g/mol. The summed E-state index contributed by atoms with van der Waals surface area (Å²) in [4.78, 5) is 26.2. The Kier molecular flexibility index (Phi) is 5.17. The van der Waals surface area contributed by atoms with Gasteiger partial charge in [0.25, 0.3) is 5.91 Å². The molecular weight excluding hydrogens is 312 g/mol. The van der Waals surface area contributed by atoms with E-state index >= 15 is 0 Å². The van der Waals surface area contributed by atoms with Crippen LogP contribution in [0.5, 0.6) is 0 Å². The van der Waals surface area contributed by atoms with Crippen molar-refractivity contribution in [3.05, 3.63) is 59.7 Å². The van der Waals surface area contributed by atoms with E-state index in [1.165, 1.54) is 5.56 Å². The van der Waals surface area contributed by atoms with Gasteiger partial charge >= 0.3 is 0 Å². The Labute approximate surface area is 148 Å². The molecule has 0 atom stereocenters. The smallest absolute Gasteiger partial charge is 0.255 e. The molecule has 1 aliphatic heterocycles. The zero-order valence-electron chi connectivity index (χ0n) is 14.8. The number of carbonyl (C=O) groups is 2. The van der Waals surface area contributed by atoms with E-state index in [0.717, 1.165) is 30.8 Å². The van der Waals surface area contributed by atoms with Gasteiger partial charge in [0.2, 0.25) is 5.91 Å². The van der Waals surface area contributed by atoms with Crippen LogP contribution in [0.2, 0.25) is 0 Å². The van der Waals surface area contributed by atoms with Crippen LogP contribution in [0, 0.1) is 5.92 Å². The van der Waals surface area contributed by atoms with Gasteiger partial charge in [-0.15, -0.1) is 0 Å². The van der Waals surface area contributed by atoms with Gasteiger partial charge in [-0.25, -0.2) is 0 Å². The molecule has 0 radical (unpaired) electrons. The number of nitrogens with zero attached hydrogens (tertiary/aromatic N) is 1. The van der Waals surface area contributed by atoms with Crippen molar-refractivity contribution in [2.45, 2.75) is 33.1 Å². The van der Waals surface area contributed by atoms with Gasteiger partial charge < -0.3 is 10.2 Å². The molecular formula is C21H24N2O2. The number of nitrogens with one attached hydrogen (secondary N) is 1. The third kappa shape index (κ3) is 4.27. The van der Waals surface area contributed by atoms with Gasteiger partial charge in [0.05, 0.1) is 0 Å². The molecule has 2 amide bonds. The van der Waals surface area contributed by atoms with Crippen molar-refractivity contribution in [3.8, 4) is 0 Å². The summed E-state index contributed by atoms with van der Waals surface area (Å²) in [5, 5.41) is 2.96. The van der Waals surface area contributed by atoms with Crippen LogP contribution in [0.25, 0.3) is 0 Å². The largest absolute Gasteiger partial charge is 0.322 e. The molecule has 2 aromatic carbocycles. The summed E-state index contributed by atoms with van der Waals surface area (Å²) in [7, 11) is 0. The topological polar surface area (TPSA) is 49.4 Å². The monoisotopic (exact) mass is 336 g/mol. The van der Waals surface area contributed by atoms with Crippen LogP contribution in [0.1, 0.15) is 42.6 Å². The fraction of sp³-hybridized carbons (Fsp3) is 0.333. The van der Waals surface area contributed by atoms with Crippen LogP contribution in [0.15, 0.2) is 48.5 Å². The number of carbonyl (C=O) groups excluding carboxylic acids is 2. The molecule has 0 spiro atoms. The molecule has 1 saturated heterocycles. The van der Waals surface area contributed by atoms with Crippen molar-refractivity contribution in [1.29, 1.82) is 0 Å². The number of anilines is 2. The highest BCUT2D eigenvalue weighted by atomic mass is 16.2. The van der Waals surface area contributed by atoms with Crippen LogP contribution < -0.4 is 10.2 Å². The first-order chi connectivity index (χ1) is 12.0. The first kappa shape index (κ1) is 17.2. The van der Waals surface area contributed by atoms with Crippen LogP contribution >= 0.6 is 0 Å². The van der Waals surface area contributed by atoms with Gasteiger partial charge in [0.15, 0.2) is 0 Å². The van der Waals surface area contributed by atoms with Crippen molar-refractivity contribution < 1.29 is 9.59 Å². The normalized spacial score (nSPS) is 14.2. The molecule has 0 aromatic heterocycles. The lowest BCUT2D eigenvalue weighted by Crippen LogP contribution is -2.24. The number of amides is 2. The predicted octanol–water partition coefficient (Wildman–Crippen LogP) is 4.26. The van der Waals surface area contributed by atoms with Gasteiger partial charge in [-0.1, -0.05) is 32.0 Å². The van der Waals surface area contributed by atoms with E-state index in [4.69, 9.17) is 0 Å². The van der Waals surface area contributed by atoms with Crippen molar-refractivity contribution in [2.75, 3.05) is 16.8 Å². The molecule has 1 N–H and O–H groups in total. The Morgan fingerprint density at radius 3 is 2.68 bits per heavy atom. The summed E-state index contributed by atoms with van der Waals surface area (Å²) in [5.74, 6) is 0.537. The Balaban J connectivity index is 1.74. The Morgan fingerprint density at radius 1 is 1.16 bits per heavy atom. The molecule has 1 fully saturated rings. The number of benzene rings is 2. The van der Waals surface area contributed by atoms with E-state index < -0.39 is 0 Å². The molecule has 3 rings (SSSR count). The van der Waals surface area contributed by atoms with Crippen LogP contribution in [-0.2, 0) is 11.2 Å². The maximum atomic E-state index is 12.6. The highest BCUT2D eigenvalue weighted by Crippen LogP contribution is 2.23. The molecule has 0 saturated carbocycles. The standard InChI is InChI=1S/C21H24N2O2/c1-15(2)12-16-6-3-8-18(13-16)22-21(25)17-7-4-9-19(14-17)23-11-5-10-20(23)24/h3-4,6-9,13-15H,5,10-12H2,1-2H3,(H,22,25). The Morgan fingerprint density at radius 2 is 1.96 bits per heavy atom. The lowest BCUT2D eigenvalue weighted by atomic mass is 10.0. The van der Waals surface area contributed by atoms with Gasteiger partial charge in [0, 0.05) is 29.9 Å². The summed E-state index contributed by atoms with van der Waals surface area (Å²) in [5.41, 5.74) is 3.37. The van der Waals surface area contributed by atoms with E-state index in [1.807, 2.05) is 30.3 Å². The van der Waals surface area contributed by atoms with E-state index in [1.54, 1.807) is 17.0 Å². The molecule has 0 unspecified atom stereocenters. The second-order valence-corrected chi connectivity index (χ2v) is 6.95. The molecule has 1 heterocycles. The van der Waals surface area contributed by atoms with E-state index in [2.05, 4.69) is 25.2 Å². The number of rotatable bonds is 5. The number of hydrogen-bond donors (Lipinski definition) is 1. The zero-order chi connectivity index (χ0) is 17.8. The molecule has 0 aliphatic carbocycles. The van der Waals surface area contributed by atoms with E-state index in [0.29, 0.717) is 17.9 Å². The Hall–Kier alpha value is -2.62. The van der Waals surface area contributed by atoms with Crippen LogP contribution in [0.3, 0.4) is 0 Å². The third-order valence-electron chi connectivity index (χ3n) is 4.32. The van der Waals surface area contributed by atoms with Crippen LogP contribution in [0.4, 0.5) is 11.4 Å². The van der Waals surface area contributed by atoms with Crippen LogP contribution in [-0.4, -0.2) is 18.4 Å². The molecule has 4 heteroatoms. The van der Waals surface area contributed by atoms with Crippen molar-refractivity contribution >= 4 is 23.2 Å². The second kappa shape index (κ2) is 7.51. The first-order valence-electron chi connectivity index (χ1n) is 8.83. The van der Waals surface area contributed by atoms with Gasteiger partial charge in [0.1, 0.15) is 0 Å². The second-order valence-electron chi connectivity index (χ2n) is 6.95. The summed E-state index contributed by atoms with van der Waals surface area (Å²) >= 11 is 0. The highest BCUT2D eigenvalue weighted by Gasteiger charge is 2.22. The molecule has 2 aromatic rings. The fourth-order valence-corrected chi connectivity index (χ4v) is 3.19. The first-order valence-corrected chi connectivity index (χ1v) is 8.83. The van der Waals surface area contributed by atoms with Crippen molar-refractivity contribution in [2.24, 2.45) is 5.92 Å². The average Bonchev–Trinajstić information content (AvgIpc) is 3.01. The quantitative estimate of drug-likeness (QED) is 0.887. The van der Waals surface area contributed by atoms with Gasteiger partial charge in [-0.05, 0) is 54.7 Å². The molecule has 1 aliphatic rings. The highest BCUT2D eigenvalue weighted by molar-refractivity contribution is 6.05. The third-order valence-corrected chi connectivity index (χ3v) is 4.32. The summed E-state index contributed by atoms with van der Waals surface area (Å²) < 4.78 is 0. The minimum absolute atomic E-state index is 0.124. The molecule has 0 bridgehead atoms. The lowest BCUT2D eigenvalue weighted by Gasteiger charge is -2.16. The Bertz CT molecular complexity index is 783. The van der Waals surface area contributed by atoms with E-state index in [9.17, 15) is 9.59 Å². The summed E-state index contributed by atoms with van der Waals surface area (Å²) in [6.07, 6.45) is 2.44. The molecule has 130 valence electrons. The van der Waals surface area contributed by atoms with Gasteiger partial charge in [-0.3, -0.25) is 9.59 Å². The molecule has 25 heavy (non-hydrogen) atoms. The maximum Gasteiger partial charge on any atom is 0.255 e. The molecule has 4 nitrogen and oxygen atoms in total. The van der Waals surface area contributed by atoms with Crippen molar-refractivity contribution in [3.63, 3.8) is 0 Å². The summed E-state index contributed by atoms with van der Waals surface area (Å²) in [6, 6.07) is 15.2. The van der Waals surface area contributed by atoms with Crippen molar-refractivity contribution in [1.82, 2.24) is 0 Å². The summed E-state index contributed by atoms with van der Waals surface area (Å²) in [6.45, 7) is 5.08. The van der Waals surface area contributed by atoms with E-state index in [-0.39, 0.29) is 11.8 Å².